The van der Waals surface area contributed by atoms with Crippen LogP contribution in [0.5, 0.6) is 5.75 Å². The fourth-order valence-corrected chi connectivity index (χ4v) is 1.95. The van der Waals surface area contributed by atoms with Gasteiger partial charge in [0.2, 0.25) is 0 Å². The Morgan fingerprint density at radius 1 is 1.35 bits per heavy atom. The van der Waals surface area contributed by atoms with Crippen molar-refractivity contribution in [3.63, 3.8) is 0 Å². The number of benzene rings is 1. The van der Waals surface area contributed by atoms with Crippen molar-refractivity contribution in [1.82, 2.24) is 9.97 Å². The minimum absolute atomic E-state index is 0.141. The van der Waals surface area contributed by atoms with Gasteiger partial charge in [-0.1, -0.05) is 0 Å². The fraction of sp³-hybridized carbons (Fsp3) is 0.286. The molecule has 1 N–H and O–H groups in total. The molecule has 1 aromatic carbocycles. The van der Waals surface area contributed by atoms with E-state index in [9.17, 15) is 4.39 Å². The Morgan fingerprint density at radius 3 is 2.85 bits per heavy atom. The lowest BCUT2D eigenvalue weighted by Gasteiger charge is -2.12. The van der Waals surface area contributed by atoms with Crippen molar-refractivity contribution in [3.8, 4) is 5.75 Å². The highest BCUT2D eigenvalue weighted by Gasteiger charge is 2.09. The maximum Gasteiger partial charge on any atom is 0.186 e. The molecule has 20 heavy (non-hydrogen) atoms. The summed E-state index contributed by atoms with van der Waals surface area (Å²) in [6.07, 6.45) is 1.32. The minimum Gasteiger partial charge on any atom is -0.494 e. The van der Waals surface area contributed by atoms with Crippen molar-refractivity contribution < 1.29 is 9.13 Å². The molecule has 0 aliphatic rings. The first kappa shape index (κ1) is 14.5. The van der Waals surface area contributed by atoms with Gasteiger partial charge < -0.3 is 10.1 Å². The Balaban J connectivity index is 2.27. The summed E-state index contributed by atoms with van der Waals surface area (Å²) < 4.78 is 19.3. The van der Waals surface area contributed by atoms with Gasteiger partial charge in [0.25, 0.3) is 0 Å². The smallest absolute Gasteiger partial charge is 0.186 e. The number of hydrogen-bond donors (Lipinski definition) is 1. The van der Waals surface area contributed by atoms with Crippen molar-refractivity contribution in [2.24, 2.45) is 0 Å². The summed E-state index contributed by atoms with van der Waals surface area (Å²) in [6, 6.07) is 5.41. The zero-order chi connectivity index (χ0) is 14.5. The average molecular weight is 296 g/mol. The van der Waals surface area contributed by atoms with E-state index in [-0.39, 0.29) is 5.82 Å². The largest absolute Gasteiger partial charge is 0.494 e. The lowest BCUT2D eigenvalue weighted by atomic mass is 10.2. The zero-order valence-electron chi connectivity index (χ0n) is 11.3. The lowest BCUT2D eigenvalue weighted by molar-refractivity contribution is 0.337. The highest BCUT2D eigenvalue weighted by molar-refractivity contribution is 6.17. The van der Waals surface area contributed by atoms with Crippen LogP contribution in [-0.4, -0.2) is 16.6 Å². The molecule has 0 saturated carbocycles. The Morgan fingerprint density at radius 2 is 2.15 bits per heavy atom. The van der Waals surface area contributed by atoms with Gasteiger partial charge in [-0.15, -0.1) is 11.6 Å². The predicted octanol–water partition coefficient (Wildman–Crippen LogP) is 3.81. The molecule has 0 atom stereocenters. The maximum absolute atomic E-state index is 13.8. The van der Waals surface area contributed by atoms with E-state index in [1.54, 1.807) is 19.1 Å². The van der Waals surface area contributed by atoms with Crippen LogP contribution in [0.2, 0.25) is 0 Å². The third-order valence-corrected chi connectivity index (χ3v) is 3.02. The molecule has 0 unspecified atom stereocenters. The van der Waals surface area contributed by atoms with Gasteiger partial charge in [0.1, 0.15) is 12.1 Å². The third-order valence-electron chi connectivity index (χ3n) is 2.73. The van der Waals surface area contributed by atoms with E-state index in [2.05, 4.69) is 15.3 Å². The van der Waals surface area contributed by atoms with Gasteiger partial charge in [-0.05, 0) is 32.0 Å². The molecule has 0 bridgehead atoms. The molecular formula is C14H15ClFN3O. The van der Waals surface area contributed by atoms with Crippen molar-refractivity contribution in [2.75, 3.05) is 11.9 Å². The molecule has 0 amide bonds. The summed E-state index contributed by atoms with van der Waals surface area (Å²) in [7, 11) is 0. The Bertz CT molecular complexity index is 607. The van der Waals surface area contributed by atoms with Gasteiger partial charge in [0.05, 0.1) is 18.2 Å². The number of aryl methyl sites for hydroxylation is 1. The molecule has 1 heterocycles. The molecule has 6 heteroatoms. The number of aromatic nitrogens is 2. The molecule has 0 saturated heterocycles. The molecule has 0 fully saturated rings. The Labute approximate surface area is 122 Å². The second-order valence-corrected chi connectivity index (χ2v) is 4.40. The number of anilines is 2. The number of halogens is 2. The first-order valence-corrected chi connectivity index (χ1v) is 6.75. The SMILES string of the molecule is CCOc1ccc(Nc2ncnc(C)c2F)cc1CCl. The van der Waals surface area contributed by atoms with Crippen LogP contribution in [0.25, 0.3) is 0 Å². The summed E-state index contributed by atoms with van der Waals surface area (Å²) >= 11 is 5.89. The highest BCUT2D eigenvalue weighted by Crippen LogP contribution is 2.27. The van der Waals surface area contributed by atoms with E-state index in [0.717, 1.165) is 11.3 Å². The van der Waals surface area contributed by atoms with Crippen LogP contribution < -0.4 is 10.1 Å². The molecule has 1 aromatic heterocycles. The van der Waals surface area contributed by atoms with Crippen molar-refractivity contribution in [2.45, 2.75) is 19.7 Å². The maximum atomic E-state index is 13.8. The number of nitrogens with one attached hydrogen (secondary N) is 1. The molecule has 0 radical (unpaired) electrons. The summed E-state index contributed by atoms with van der Waals surface area (Å²) in [5.74, 6) is 0.722. The quantitative estimate of drug-likeness (QED) is 0.852. The molecule has 0 aliphatic heterocycles. The Hall–Kier alpha value is -1.88. The number of hydrogen-bond acceptors (Lipinski definition) is 4. The number of ether oxygens (including phenoxy) is 1. The van der Waals surface area contributed by atoms with Crippen molar-refractivity contribution in [3.05, 3.63) is 41.6 Å². The number of nitrogens with zero attached hydrogens (tertiary/aromatic N) is 2. The first-order valence-electron chi connectivity index (χ1n) is 6.21. The van der Waals surface area contributed by atoms with Crippen LogP contribution in [0.1, 0.15) is 18.2 Å². The van der Waals surface area contributed by atoms with E-state index in [0.29, 0.717) is 23.9 Å². The second-order valence-electron chi connectivity index (χ2n) is 4.14. The monoisotopic (exact) mass is 295 g/mol. The van der Waals surface area contributed by atoms with Crippen LogP contribution in [0.15, 0.2) is 24.5 Å². The van der Waals surface area contributed by atoms with Crippen LogP contribution in [-0.2, 0) is 5.88 Å². The predicted molar refractivity (Wildman–Crippen MR) is 77.2 cm³/mol. The summed E-state index contributed by atoms with van der Waals surface area (Å²) in [6.45, 7) is 4.06. The molecule has 0 aliphatic carbocycles. The molecular weight excluding hydrogens is 281 g/mol. The number of rotatable bonds is 5. The normalized spacial score (nSPS) is 10.4. The van der Waals surface area contributed by atoms with E-state index in [1.807, 2.05) is 13.0 Å². The zero-order valence-corrected chi connectivity index (χ0v) is 12.0. The topological polar surface area (TPSA) is 47.0 Å². The van der Waals surface area contributed by atoms with Gasteiger partial charge in [-0.3, -0.25) is 0 Å². The molecule has 2 rings (SSSR count). The van der Waals surface area contributed by atoms with E-state index in [4.69, 9.17) is 16.3 Å². The standard InChI is InChI=1S/C14H15ClFN3O/c1-3-20-12-5-4-11(6-10(12)7-15)19-14-13(16)9(2)17-8-18-14/h4-6,8H,3,7H2,1-2H3,(H,17,18,19). The van der Waals surface area contributed by atoms with Gasteiger partial charge in [0.15, 0.2) is 11.6 Å². The van der Waals surface area contributed by atoms with Crippen LogP contribution >= 0.6 is 11.6 Å². The molecule has 0 spiro atoms. The van der Waals surface area contributed by atoms with Crippen LogP contribution in [0.3, 0.4) is 0 Å². The molecule has 4 nitrogen and oxygen atoms in total. The summed E-state index contributed by atoms with van der Waals surface area (Å²) in [4.78, 5) is 7.67. The Kier molecular flexibility index (Phi) is 4.74. The van der Waals surface area contributed by atoms with E-state index >= 15 is 0 Å². The van der Waals surface area contributed by atoms with E-state index in [1.165, 1.54) is 6.33 Å². The van der Waals surface area contributed by atoms with Crippen LogP contribution in [0.4, 0.5) is 15.9 Å². The molecule has 106 valence electrons. The first-order chi connectivity index (χ1) is 9.65. The summed E-state index contributed by atoms with van der Waals surface area (Å²) in [5, 5.41) is 2.92. The fourth-order valence-electron chi connectivity index (χ4n) is 1.74. The summed E-state index contributed by atoms with van der Waals surface area (Å²) in [5.41, 5.74) is 1.83. The van der Waals surface area contributed by atoms with Gasteiger partial charge in [-0.2, -0.15) is 0 Å². The minimum atomic E-state index is -0.464. The molecule has 2 aromatic rings. The second kappa shape index (κ2) is 6.52. The van der Waals surface area contributed by atoms with Crippen molar-refractivity contribution >= 4 is 23.1 Å². The van der Waals surface area contributed by atoms with E-state index < -0.39 is 5.82 Å². The van der Waals surface area contributed by atoms with Crippen molar-refractivity contribution in [1.29, 1.82) is 0 Å². The lowest BCUT2D eigenvalue weighted by Crippen LogP contribution is -2.02. The average Bonchev–Trinajstić information content (AvgIpc) is 2.45. The van der Waals surface area contributed by atoms with Gasteiger partial charge >= 0.3 is 0 Å². The van der Waals surface area contributed by atoms with Gasteiger partial charge in [0, 0.05) is 11.3 Å². The highest BCUT2D eigenvalue weighted by atomic mass is 35.5. The van der Waals surface area contributed by atoms with Crippen LogP contribution in [0, 0.1) is 12.7 Å². The van der Waals surface area contributed by atoms with Gasteiger partial charge in [-0.25, -0.2) is 14.4 Å². The third kappa shape index (κ3) is 3.17. The number of alkyl halides is 1.